The number of hydrogen-bond donors (Lipinski definition) is 2. The molecule has 3 N–H and O–H groups in total. The predicted octanol–water partition coefficient (Wildman–Crippen LogP) is 6.44. The van der Waals surface area contributed by atoms with E-state index in [1.54, 1.807) is 12.2 Å². The molecule has 0 saturated heterocycles. The molecule has 6 heteroatoms. The zero-order valence-electron chi connectivity index (χ0n) is 20.1. The Balaban J connectivity index is 0. The molecule has 0 aliphatic carbocycles. The highest BCUT2D eigenvalue weighted by atomic mass is 35.5. The van der Waals surface area contributed by atoms with Crippen LogP contribution in [0.3, 0.4) is 0 Å². The van der Waals surface area contributed by atoms with Gasteiger partial charge < -0.3 is 20.6 Å². The average Bonchev–Trinajstić information content (AvgIpc) is 2.80. The van der Waals surface area contributed by atoms with Crippen LogP contribution in [0.15, 0.2) is 47.0 Å². The molecule has 0 saturated carbocycles. The summed E-state index contributed by atoms with van der Waals surface area (Å²) in [7, 11) is 0. The Morgan fingerprint density at radius 1 is 1.10 bits per heavy atom. The third-order valence-corrected chi connectivity index (χ3v) is 3.98. The van der Waals surface area contributed by atoms with Crippen LogP contribution in [0.5, 0.6) is 5.75 Å². The third-order valence-electron chi connectivity index (χ3n) is 3.76. The summed E-state index contributed by atoms with van der Waals surface area (Å²) in [5, 5.41) is 8.50. The molecule has 0 radical (unpaired) electrons. The number of nitrogens with one attached hydrogen (secondary N) is 1. The third kappa shape index (κ3) is 16.3. The highest BCUT2D eigenvalue weighted by molar-refractivity contribution is 6.30. The molecule has 176 valence electrons. The standard InChI is InChI=1S/C21H29ClN2O3.2C2H6/c1-3-12-27-19-7-5-16(6-8-19)11-13-26-15-18(22)14-17(4-2)20(23)9-10-21(24)25;2*1-2/h4-8,14,23H,3,9-13,15H2,1-2H3,(H2,24,25);2*1-2H3/b17-4+,18-14+,23-20?;;. The lowest BCUT2D eigenvalue weighted by molar-refractivity contribution is -0.117. The van der Waals surface area contributed by atoms with Gasteiger partial charge in [-0.3, -0.25) is 4.79 Å². The molecular formula is C25H41ClN2O3. The summed E-state index contributed by atoms with van der Waals surface area (Å²) < 4.78 is 11.2. The van der Waals surface area contributed by atoms with E-state index >= 15 is 0 Å². The minimum absolute atomic E-state index is 0.153. The molecular weight excluding hydrogens is 412 g/mol. The minimum atomic E-state index is -0.418. The van der Waals surface area contributed by atoms with Crippen molar-refractivity contribution >= 4 is 23.2 Å². The molecule has 0 spiro atoms. The number of carbonyl (C=O) groups is 1. The number of amides is 1. The molecule has 0 aliphatic rings. The Morgan fingerprint density at radius 2 is 1.71 bits per heavy atom. The van der Waals surface area contributed by atoms with Crippen molar-refractivity contribution in [3.63, 3.8) is 0 Å². The number of halogens is 1. The van der Waals surface area contributed by atoms with Crippen LogP contribution in [-0.4, -0.2) is 31.4 Å². The van der Waals surface area contributed by atoms with Crippen molar-refractivity contribution in [2.45, 2.75) is 67.2 Å². The molecule has 0 atom stereocenters. The van der Waals surface area contributed by atoms with E-state index in [1.165, 1.54) is 5.56 Å². The van der Waals surface area contributed by atoms with Gasteiger partial charge >= 0.3 is 0 Å². The van der Waals surface area contributed by atoms with E-state index in [4.69, 9.17) is 32.2 Å². The monoisotopic (exact) mass is 452 g/mol. The number of primary amides is 1. The van der Waals surface area contributed by atoms with Crippen LogP contribution in [0.4, 0.5) is 0 Å². The van der Waals surface area contributed by atoms with Crippen LogP contribution in [-0.2, 0) is 16.0 Å². The van der Waals surface area contributed by atoms with E-state index in [0.717, 1.165) is 25.2 Å². The maximum absolute atomic E-state index is 10.8. The smallest absolute Gasteiger partial charge is 0.217 e. The summed E-state index contributed by atoms with van der Waals surface area (Å²) in [5.74, 6) is 0.462. The quantitative estimate of drug-likeness (QED) is 0.205. The number of hydrogen-bond acceptors (Lipinski definition) is 4. The van der Waals surface area contributed by atoms with E-state index in [1.807, 2.05) is 58.9 Å². The Bertz CT molecular complexity index is 668. The average molecular weight is 453 g/mol. The van der Waals surface area contributed by atoms with E-state index in [-0.39, 0.29) is 13.0 Å². The lowest BCUT2D eigenvalue weighted by atomic mass is 10.1. The van der Waals surface area contributed by atoms with E-state index in [9.17, 15) is 4.79 Å². The Hall–Kier alpha value is -2.11. The molecule has 1 amide bonds. The number of carbonyl (C=O) groups excluding carboxylic acids is 1. The second kappa shape index (κ2) is 21.1. The normalized spacial score (nSPS) is 10.9. The second-order valence-electron chi connectivity index (χ2n) is 6.08. The van der Waals surface area contributed by atoms with Gasteiger partial charge in [0.1, 0.15) is 5.75 Å². The molecule has 5 nitrogen and oxygen atoms in total. The van der Waals surface area contributed by atoms with Gasteiger partial charge in [-0.05, 0) is 55.5 Å². The van der Waals surface area contributed by atoms with Crippen LogP contribution in [0.25, 0.3) is 0 Å². The van der Waals surface area contributed by atoms with Gasteiger partial charge in [-0.1, -0.05) is 64.4 Å². The maximum atomic E-state index is 10.8. The highest BCUT2D eigenvalue weighted by Gasteiger charge is 2.06. The molecule has 1 aromatic rings. The fourth-order valence-corrected chi connectivity index (χ4v) is 2.47. The topological polar surface area (TPSA) is 85.4 Å². The predicted molar refractivity (Wildman–Crippen MR) is 133 cm³/mol. The summed E-state index contributed by atoms with van der Waals surface area (Å²) in [4.78, 5) is 10.8. The van der Waals surface area contributed by atoms with Crippen LogP contribution in [0.2, 0.25) is 0 Å². The number of nitrogens with two attached hydrogens (primary N) is 1. The molecule has 0 aliphatic heterocycles. The van der Waals surface area contributed by atoms with Crippen molar-refractivity contribution in [3.05, 3.63) is 52.6 Å². The summed E-state index contributed by atoms with van der Waals surface area (Å²) in [5.41, 5.74) is 7.29. The first-order valence-electron chi connectivity index (χ1n) is 11.1. The molecule has 0 aromatic heterocycles. The van der Waals surface area contributed by atoms with E-state index in [0.29, 0.717) is 29.3 Å². The molecule has 31 heavy (non-hydrogen) atoms. The van der Waals surface area contributed by atoms with Gasteiger partial charge in [0.25, 0.3) is 0 Å². The summed E-state index contributed by atoms with van der Waals surface area (Å²) >= 11 is 6.20. The second-order valence-corrected chi connectivity index (χ2v) is 6.56. The van der Waals surface area contributed by atoms with Gasteiger partial charge in [0.2, 0.25) is 5.91 Å². The van der Waals surface area contributed by atoms with Crippen molar-refractivity contribution in [2.24, 2.45) is 5.73 Å². The van der Waals surface area contributed by atoms with Crippen molar-refractivity contribution in [1.29, 1.82) is 5.41 Å². The first-order chi connectivity index (χ1) is 15.0. The Morgan fingerprint density at radius 3 is 2.23 bits per heavy atom. The van der Waals surface area contributed by atoms with E-state index < -0.39 is 5.91 Å². The van der Waals surface area contributed by atoms with Gasteiger partial charge in [0, 0.05) is 17.2 Å². The summed E-state index contributed by atoms with van der Waals surface area (Å²) in [6.07, 6.45) is 5.71. The fraction of sp³-hybridized carbons (Fsp3) is 0.520. The fourth-order valence-electron chi connectivity index (χ4n) is 2.28. The van der Waals surface area contributed by atoms with Gasteiger partial charge in [-0.15, -0.1) is 0 Å². The number of allylic oxidation sites excluding steroid dienone is 3. The molecule has 1 rings (SSSR count). The first-order valence-corrected chi connectivity index (χ1v) is 11.5. The molecule has 0 fully saturated rings. The molecule has 0 unspecified atom stereocenters. The molecule has 1 aromatic carbocycles. The van der Waals surface area contributed by atoms with Crippen LogP contribution < -0.4 is 10.5 Å². The Kier molecular flexibility index (Phi) is 21.2. The molecule has 0 heterocycles. The maximum Gasteiger partial charge on any atom is 0.217 e. The molecule has 0 bridgehead atoms. The van der Waals surface area contributed by atoms with Crippen molar-refractivity contribution in [2.75, 3.05) is 19.8 Å². The highest BCUT2D eigenvalue weighted by Crippen LogP contribution is 2.14. The van der Waals surface area contributed by atoms with Crippen molar-refractivity contribution < 1.29 is 14.3 Å². The zero-order chi connectivity index (χ0) is 24.1. The van der Waals surface area contributed by atoms with Gasteiger partial charge in [0.15, 0.2) is 0 Å². The van der Waals surface area contributed by atoms with Crippen molar-refractivity contribution in [1.82, 2.24) is 0 Å². The van der Waals surface area contributed by atoms with E-state index in [2.05, 4.69) is 6.92 Å². The summed E-state index contributed by atoms with van der Waals surface area (Å²) in [6.45, 7) is 13.4. The first kappa shape index (κ1) is 31.1. The lowest BCUT2D eigenvalue weighted by Crippen LogP contribution is -2.13. The van der Waals surface area contributed by atoms with Gasteiger partial charge in [0.05, 0.1) is 19.8 Å². The van der Waals surface area contributed by atoms with Gasteiger partial charge in [-0.25, -0.2) is 0 Å². The van der Waals surface area contributed by atoms with Crippen LogP contribution >= 0.6 is 11.6 Å². The number of benzene rings is 1. The lowest BCUT2D eigenvalue weighted by Gasteiger charge is -2.08. The number of rotatable bonds is 13. The zero-order valence-corrected chi connectivity index (χ0v) is 20.8. The van der Waals surface area contributed by atoms with Crippen LogP contribution in [0, 0.1) is 5.41 Å². The summed E-state index contributed by atoms with van der Waals surface area (Å²) in [6, 6.07) is 8.00. The van der Waals surface area contributed by atoms with Crippen LogP contribution in [0.1, 0.15) is 66.4 Å². The minimum Gasteiger partial charge on any atom is -0.494 e. The largest absolute Gasteiger partial charge is 0.494 e. The van der Waals surface area contributed by atoms with Crippen molar-refractivity contribution in [3.8, 4) is 5.75 Å². The number of ether oxygens (including phenoxy) is 2. The van der Waals surface area contributed by atoms with Gasteiger partial charge in [-0.2, -0.15) is 0 Å². The Labute approximate surface area is 194 Å². The SMILES string of the molecule is C/C=C(\C=C(\Cl)COCCc1ccc(OCCC)cc1)C(=N)CCC(N)=O.CC.CC.